The Morgan fingerprint density at radius 3 is 2.56 bits per heavy atom. The number of hydrogen-bond donors (Lipinski definition) is 1. The number of carbonyl (C=O) groups excluding carboxylic acids is 3. The van der Waals surface area contributed by atoms with Crippen molar-refractivity contribution in [3.05, 3.63) is 62.9 Å². The van der Waals surface area contributed by atoms with Crippen molar-refractivity contribution in [1.82, 2.24) is 9.55 Å². The molecule has 0 spiro atoms. The molecule has 5 rings (SSSR count). The molecule has 1 aromatic carbocycles. The summed E-state index contributed by atoms with van der Waals surface area (Å²) in [6, 6.07) is 9.29. The standard InChI is InChI=1S/C36H45N4O9.BrH/c1-8-36(48-30(42)14-11-15-46-31(43)16-22(41)20-40(5,6)7)27-17-29-32-25(19-39(29)33(44)26(27)21-47-34(36)45)24(18-37-49-35(2,3)4)23-12-9-10-13-28(23)38-32;/h9-10,12-13,17-18,22,41H,8,11,14-16,19-21H2,1-7H3;1H/q+1;/p-1/t22-,36-;/m0./s1. The van der Waals surface area contributed by atoms with E-state index in [1.807, 2.05) is 66.2 Å². The molecule has 0 aliphatic carbocycles. The van der Waals surface area contributed by atoms with Crippen LogP contribution in [-0.2, 0) is 52.2 Å². The number of hydrogen-bond acceptors (Lipinski definition) is 11. The smallest absolute Gasteiger partial charge is 0.355 e. The van der Waals surface area contributed by atoms with Gasteiger partial charge in [0.2, 0.25) is 5.60 Å². The number of aliphatic hydroxyl groups excluding tert-OH is 1. The topological polar surface area (TPSA) is 156 Å². The van der Waals surface area contributed by atoms with Crippen molar-refractivity contribution in [2.75, 3.05) is 34.3 Å². The number of carbonyl (C=O) groups is 3. The van der Waals surface area contributed by atoms with Gasteiger partial charge in [-0.1, -0.05) is 30.3 Å². The molecule has 2 aromatic heterocycles. The van der Waals surface area contributed by atoms with Crippen LogP contribution in [0.15, 0.2) is 40.3 Å². The van der Waals surface area contributed by atoms with Crippen LogP contribution < -0.4 is 22.5 Å². The van der Waals surface area contributed by atoms with Gasteiger partial charge in [-0.15, -0.1) is 0 Å². The van der Waals surface area contributed by atoms with Gasteiger partial charge in [-0.05, 0) is 45.7 Å². The Balaban J connectivity index is 0.00000562. The van der Waals surface area contributed by atoms with Crippen LogP contribution in [0.5, 0.6) is 0 Å². The zero-order valence-electron chi connectivity index (χ0n) is 29.6. The van der Waals surface area contributed by atoms with Crippen molar-refractivity contribution < 1.29 is 60.0 Å². The maximum Gasteiger partial charge on any atom is 0.355 e. The molecule has 0 amide bonds. The van der Waals surface area contributed by atoms with Crippen LogP contribution >= 0.6 is 0 Å². The van der Waals surface area contributed by atoms with Crippen LogP contribution in [0, 0.1) is 0 Å². The fourth-order valence-electron chi connectivity index (χ4n) is 6.20. The molecule has 0 radical (unpaired) electrons. The van der Waals surface area contributed by atoms with E-state index in [9.17, 15) is 24.3 Å². The first-order valence-electron chi connectivity index (χ1n) is 16.5. The number of nitrogens with zero attached hydrogens (tertiary/aromatic N) is 4. The minimum Gasteiger partial charge on any atom is -1.00 e. The number of fused-ring (bicyclic) bond motifs is 5. The lowest BCUT2D eigenvalue weighted by Gasteiger charge is -2.35. The zero-order chi connectivity index (χ0) is 35.7. The highest BCUT2D eigenvalue weighted by atomic mass is 79.9. The van der Waals surface area contributed by atoms with Crippen molar-refractivity contribution in [2.45, 2.75) is 83.8 Å². The van der Waals surface area contributed by atoms with Crippen molar-refractivity contribution >= 4 is 35.0 Å². The van der Waals surface area contributed by atoms with Crippen LogP contribution in [0.1, 0.15) is 75.6 Å². The number of aliphatic hydroxyl groups is 1. The Bertz CT molecular complexity index is 1880. The molecule has 0 unspecified atom stereocenters. The molecule has 3 aromatic rings. The van der Waals surface area contributed by atoms with Crippen LogP contribution in [-0.4, -0.2) is 89.3 Å². The van der Waals surface area contributed by atoms with E-state index in [1.165, 1.54) is 0 Å². The van der Waals surface area contributed by atoms with Gasteiger partial charge in [0.1, 0.15) is 24.9 Å². The highest BCUT2D eigenvalue weighted by Crippen LogP contribution is 2.42. The number of halogens is 1. The van der Waals surface area contributed by atoms with Gasteiger partial charge in [0.25, 0.3) is 5.56 Å². The largest absolute Gasteiger partial charge is 1.00 e. The Labute approximate surface area is 301 Å². The van der Waals surface area contributed by atoms with Gasteiger partial charge in [-0.25, -0.2) is 9.78 Å². The summed E-state index contributed by atoms with van der Waals surface area (Å²) in [5.74, 6) is -2.05. The summed E-state index contributed by atoms with van der Waals surface area (Å²) in [6.45, 7) is 7.63. The number of cyclic esters (lactones) is 1. The predicted molar refractivity (Wildman–Crippen MR) is 181 cm³/mol. The Kier molecular flexibility index (Phi) is 11.6. The van der Waals surface area contributed by atoms with Gasteiger partial charge >= 0.3 is 17.9 Å². The summed E-state index contributed by atoms with van der Waals surface area (Å²) in [6.07, 6.45) is 0.630. The SMILES string of the molecule is CC[C@@]1(OC(=O)CCCOC(=O)C[C@H](O)C[N+](C)(C)C)C(=O)OCc2c1cc1n(c2=O)Cc2c-1nc1ccccc1c2C=NOC(C)(C)C.[Br-]. The number of rotatable bonds is 12. The highest BCUT2D eigenvalue weighted by Gasteiger charge is 2.50. The first-order chi connectivity index (χ1) is 23.0. The summed E-state index contributed by atoms with van der Waals surface area (Å²) in [5, 5.41) is 15.2. The Morgan fingerprint density at radius 1 is 1.16 bits per heavy atom. The summed E-state index contributed by atoms with van der Waals surface area (Å²) >= 11 is 0. The maximum absolute atomic E-state index is 14.0. The van der Waals surface area contributed by atoms with E-state index in [2.05, 4.69) is 5.16 Å². The fraction of sp³-hybridized carbons (Fsp3) is 0.500. The normalized spacial score (nSPS) is 17.3. The average molecular weight is 758 g/mol. The van der Waals surface area contributed by atoms with E-state index in [-0.39, 0.29) is 79.1 Å². The first-order valence-corrected chi connectivity index (χ1v) is 16.5. The van der Waals surface area contributed by atoms with Crippen LogP contribution in [0.25, 0.3) is 22.3 Å². The van der Waals surface area contributed by atoms with Crippen LogP contribution in [0.4, 0.5) is 0 Å². The van der Waals surface area contributed by atoms with Gasteiger partial charge in [0.05, 0.1) is 69.4 Å². The summed E-state index contributed by atoms with van der Waals surface area (Å²) < 4.78 is 18.6. The summed E-state index contributed by atoms with van der Waals surface area (Å²) in [4.78, 5) is 63.3. The van der Waals surface area contributed by atoms with Gasteiger partial charge in [0, 0.05) is 28.5 Å². The lowest BCUT2D eigenvalue weighted by atomic mass is 9.85. The van der Waals surface area contributed by atoms with E-state index in [0.29, 0.717) is 27.9 Å². The predicted octanol–water partition coefficient (Wildman–Crippen LogP) is 0.564. The molecule has 2 atom stereocenters. The minimum atomic E-state index is -1.85. The molecule has 0 saturated carbocycles. The van der Waals surface area contributed by atoms with E-state index in [1.54, 1.807) is 23.8 Å². The molecule has 4 heterocycles. The van der Waals surface area contributed by atoms with Crippen molar-refractivity contribution in [3.63, 3.8) is 0 Å². The third-order valence-electron chi connectivity index (χ3n) is 8.35. The fourth-order valence-corrected chi connectivity index (χ4v) is 6.20. The number of esters is 3. The van der Waals surface area contributed by atoms with Gasteiger partial charge in [-0.3, -0.25) is 14.4 Å². The second kappa shape index (κ2) is 15.0. The molecule has 1 N–H and O–H groups in total. The Morgan fingerprint density at radius 2 is 1.88 bits per heavy atom. The number of pyridine rings is 2. The molecule has 14 heteroatoms. The van der Waals surface area contributed by atoms with Crippen LogP contribution in [0.2, 0.25) is 0 Å². The quantitative estimate of drug-likeness (QED) is 0.0542. The van der Waals surface area contributed by atoms with Crippen molar-refractivity contribution in [1.29, 1.82) is 0 Å². The average Bonchev–Trinajstić information content (AvgIpc) is 3.37. The third-order valence-corrected chi connectivity index (χ3v) is 8.35. The number of ether oxygens (including phenoxy) is 3. The maximum atomic E-state index is 14.0. The number of oxime groups is 1. The lowest BCUT2D eigenvalue weighted by molar-refractivity contribution is -0.873. The monoisotopic (exact) mass is 756 g/mol. The van der Waals surface area contributed by atoms with Crippen molar-refractivity contribution in [3.8, 4) is 11.4 Å². The van der Waals surface area contributed by atoms with E-state index in [4.69, 9.17) is 24.0 Å². The number of benzene rings is 1. The second-order valence-electron chi connectivity index (χ2n) is 14.5. The Hall–Kier alpha value is -4.14. The molecular formula is C36H45BrN4O9. The highest BCUT2D eigenvalue weighted by molar-refractivity contribution is 6.02. The minimum absolute atomic E-state index is 0. The molecular weight excluding hydrogens is 712 g/mol. The number of aromatic nitrogens is 2. The second-order valence-corrected chi connectivity index (χ2v) is 14.5. The summed E-state index contributed by atoms with van der Waals surface area (Å²) in [7, 11) is 5.72. The van der Waals surface area contributed by atoms with E-state index in [0.717, 1.165) is 16.5 Å². The molecule has 0 fully saturated rings. The molecule has 13 nitrogen and oxygen atoms in total. The molecule has 270 valence electrons. The van der Waals surface area contributed by atoms with Gasteiger partial charge < -0.3 is 50.2 Å². The van der Waals surface area contributed by atoms with Gasteiger partial charge in [0.15, 0.2) is 0 Å². The molecule has 2 aliphatic heterocycles. The van der Waals surface area contributed by atoms with E-state index >= 15 is 0 Å². The lowest BCUT2D eigenvalue weighted by Crippen LogP contribution is -3.00. The number of quaternary nitrogens is 1. The molecule has 2 aliphatic rings. The number of likely N-dealkylation sites (N-methyl/N-ethyl adjacent to an activating group) is 1. The van der Waals surface area contributed by atoms with Crippen molar-refractivity contribution in [2.24, 2.45) is 5.16 Å². The van der Waals surface area contributed by atoms with Crippen LogP contribution in [0.3, 0.4) is 0 Å². The third kappa shape index (κ3) is 8.24. The summed E-state index contributed by atoms with van der Waals surface area (Å²) in [5.41, 5.74) is 1.02. The zero-order valence-corrected chi connectivity index (χ0v) is 31.2. The van der Waals surface area contributed by atoms with Gasteiger partial charge in [-0.2, -0.15) is 0 Å². The molecule has 0 bridgehead atoms. The number of para-hydroxylation sites is 1. The molecule has 0 saturated heterocycles. The van der Waals surface area contributed by atoms with E-state index < -0.39 is 35.2 Å². The molecule has 50 heavy (non-hydrogen) atoms. The first kappa shape index (κ1) is 38.7.